The fraction of sp³-hybridized carbons (Fsp3) is 0.280. The standard InChI is InChI=1S/C25H23FN2O2S2/c1-2-30-18-13-11-17(12-14-18)28-24(29)22-19-8-4-6-10-21(19)32-23(22)27-25(28)31-15-16-7-3-5-9-20(16)26/h3,5,7,9,11-14H,2,4,6,8,10,15H2,1H3. The number of rotatable bonds is 6. The van der Waals surface area contributed by atoms with Crippen LogP contribution in [0.1, 0.15) is 35.8 Å². The summed E-state index contributed by atoms with van der Waals surface area (Å²) in [5.41, 5.74) is 2.45. The molecule has 4 aromatic rings. The number of halogens is 1. The topological polar surface area (TPSA) is 44.1 Å². The highest BCUT2D eigenvalue weighted by molar-refractivity contribution is 7.98. The van der Waals surface area contributed by atoms with Crippen molar-refractivity contribution in [2.75, 3.05) is 6.61 Å². The van der Waals surface area contributed by atoms with Crippen molar-refractivity contribution in [1.82, 2.24) is 9.55 Å². The third-order valence-electron chi connectivity index (χ3n) is 5.68. The molecule has 0 fully saturated rings. The van der Waals surface area contributed by atoms with Gasteiger partial charge in [0.2, 0.25) is 0 Å². The van der Waals surface area contributed by atoms with E-state index in [2.05, 4.69) is 0 Å². The number of benzene rings is 2. The van der Waals surface area contributed by atoms with Gasteiger partial charge in [-0.2, -0.15) is 0 Å². The Labute approximate surface area is 194 Å². The van der Waals surface area contributed by atoms with Crippen molar-refractivity contribution in [2.45, 2.75) is 43.5 Å². The summed E-state index contributed by atoms with van der Waals surface area (Å²) in [6.07, 6.45) is 4.20. The molecule has 0 atom stereocenters. The van der Waals surface area contributed by atoms with Crippen molar-refractivity contribution in [3.05, 3.63) is 80.7 Å². The average Bonchev–Trinajstić information content (AvgIpc) is 3.18. The lowest BCUT2D eigenvalue weighted by Gasteiger charge is -2.14. The summed E-state index contributed by atoms with van der Waals surface area (Å²) in [5.74, 6) is 0.904. The van der Waals surface area contributed by atoms with Crippen LogP contribution >= 0.6 is 23.1 Å². The summed E-state index contributed by atoms with van der Waals surface area (Å²) in [6.45, 7) is 2.52. The fourth-order valence-corrected chi connectivity index (χ4v) is 6.43. The van der Waals surface area contributed by atoms with E-state index in [4.69, 9.17) is 9.72 Å². The molecule has 5 rings (SSSR count). The predicted octanol–water partition coefficient (Wildman–Crippen LogP) is 6.16. The Bertz CT molecular complexity index is 1330. The number of thioether (sulfide) groups is 1. The molecule has 0 N–H and O–H groups in total. The Morgan fingerprint density at radius 1 is 1.12 bits per heavy atom. The molecular weight excluding hydrogens is 443 g/mol. The Morgan fingerprint density at radius 2 is 1.91 bits per heavy atom. The summed E-state index contributed by atoms with van der Waals surface area (Å²) in [6, 6.07) is 14.2. The number of aryl methyl sites for hydroxylation is 2. The summed E-state index contributed by atoms with van der Waals surface area (Å²) < 4.78 is 21.4. The van der Waals surface area contributed by atoms with Gasteiger partial charge in [-0.05, 0) is 74.1 Å². The van der Waals surface area contributed by atoms with E-state index in [0.717, 1.165) is 47.3 Å². The second-order valence-electron chi connectivity index (χ2n) is 7.73. The Morgan fingerprint density at radius 3 is 2.69 bits per heavy atom. The van der Waals surface area contributed by atoms with Crippen LogP contribution in [0.5, 0.6) is 5.75 Å². The fourth-order valence-electron chi connectivity index (χ4n) is 4.13. The van der Waals surface area contributed by atoms with Crippen LogP contribution in [0.4, 0.5) is 4.39 Å². The molecule has 1 aliphatic rings. The molecule has 2 aromatic carbocycles. The van der Waals surface area contributed by atoms with Gasteiger partial charge in [0, 0.05) is 10.6 Å². The molecule has 2 heterocycles. The first-order chi connectivity index (χ1) is 15.7. The average molecular weight is 467 g/mol. The highest BCUT2D eigenvalue weighted by Crippen LogP contribution is 2.36. The van der Waals surface area contributed by atoms with Crippen LogP contribution in [0.2, 0.25) is 0 Å². The summed E-state index contributed by atoms with van der Waals surface area (Å²) >= 11 is 3.02. The number of nitrogens with zero attached hydrogens (tertiary/aromatic N) is 2. The molecule has 0 unspecified atom stereocenters. The number of hydrogen-bond acceptors (Lipinski definition) is 5. The SMILES string of the molecule is CCOc1ccc(-n2c(SCc3ccccc3F)nc3sc4c(c3c2=O)CCCC4)cc1. The number of hydrogen-bond donors (Lipinski definition) is 0. The lowest BCUT2D eigenvalue weighted by molar-refractivity contribution is 0.340. The van der Waals surface area contributed by atoms with Crippen molar-refractivity contribution in [2.24, 2.45) is 0 Å². The van der Waals surface area contributed by atoms with Crippen molar-refractivity contribution in [3.63, 3.8) is 0 Å². The molecule has 0 aliphatic heterocycles. The molecule has 7 heteroatoms. The van der Waals surface area contributed by atoms with Crippen LogP contribution in [0.15, 0.2) is 58.5 Å². The van der Waals surface area contributed by atoms with Crippen molar-refractivity contribution < 1.29 is 9.13 Å². The largest absolute Gasteiger partial charge is 0.494 e. The third kappa shape index (κ3) is 3.95. The van der Waals surface area contributed by atoms with Crippen LogP contribution in [-0.2, 0) is 18.6 Å². The molecular formula is C25H23FN2O2S2. The van der Waals surface area contributed by atoms with E-state index in [0.29, 0.717) is 23.1 Å². The summed E-state index contributed by atoms with van der Waals surface area (Å²) in [7, 11) is 0. The van der Waals surface area contributed by atoms with Crippen LogP contribution in [0.25, 0.3) is 15.9 Å². The first kappa shape index (κ1) is 21.2. The second-order valence-corrected chi connectivity index (χ2v) is 9.76. The van der Waals surface area contributed by atoms with E-state index >= 15 is 0 Å². The van der Waals surface area contributed by atoms with E-state index < -0.39 is 0 Å². The van der Waals surface area contributed by atoms with Gasteiger partial charge in [-0.3, -0.25) is 9.36 Å². The van der Waals surface area contributed by atoms with E-state index in [-0.39, 0.29) is 11.4 Å². The third-order valence-corrected chi connectivity index (χ3v) is 7.85. The molecule has 4 nitrogen and oxygen atoms in total. The highest BCUT2D eigenvalue weighted by Gasteiger charge is 2.23. The molecule has 1 aliphatic carbocycles. The monoisotopic (exact) mass is 466 g/mol. The molecule has 0 bridgehead atoms. The Hall–Kier alpha value is -2.64. The number of fused-ring (bicyclic) bond motifs is 3. The van der Waals surface area contributed by atoms with Gasteiger partial charge < -0.3 is 4.74 Å². The second kappa shape index (κ2) is 9.08. The van der Waals surface area contributed by atoms with Gasteiger partial charge in [0.25, 0.3) is 5.56 Å². The zero-order valence-electron chi connectivity index (χ0n) is 17.8. The number of thiophene rings is 1. The minimum atomic E-state index is -0.248. The number of ether oxygens (including phenoxy) is 1. The molecule has 164 valence electrons. The zero-order chi connectivity index (χ0) is 22.1. The van der Waals surface area contributed by atoms with Gasteiger partial charge in [-0.25, -0.2) is 9.37 Å². The quantitative estimate of drug-likeness (QED) is 0.252. The highest BCUT2D eigenvalue weighted by atomic mass is 32.2. The van der Waals surface area contributed by atoms with E-state index in [1.807, 2.05) is 37.3 Å². The first-order valence-corrected chi connectivity index (χ1v) is 12.6. The normalized spacial score (nSPS) is 13.3. The van der Waals surface area contributed by atoms with Crippen molar-refractivity contribution in [1.29, 1.82) is 0 Å². The minimum absolute atomic E-state index is 0.0467. The molecule has 0 saturated heterocycles. The van der Waals surface area contributed by atoms with E-state index in [1.165, 1.54) is 28.3 Å². The van der Waals surface area contributed by atoms with Crippen molar-refractivity contribution >= 4 is 33.3 Å². The lowest BCUT2D eigenvalue weighted by atomic mass is 9.97. The zero-order valence-corrected chi connectivity index (χ0v) is 19.4. The van der Waals surface area contributed by atoms with Gasteiger partial charge in [0.15, 0.2) is 5.16 Å². The van der Waals surface area contributed by atoms with Crippen LogP contribution in [0.3, 0.4) is 0 Å². The molecule has 2 aromatic heterocycles. The van der Waals surface area contributed by atoms with Crippen LogP contribution < -0.4 is 10.3 Å². The summed E-state index contributed by atoms with van der Waals surface area (Å²) in [5, 5.41) is 1.32. The molecule has 0 radical (unpaired) electrons. The van der Waals surface area contributed by atoms with Crippen LogP contribution in [-0.4, -0.2) is 16.2 Å². The van der Waals surface area contributed by atoms with Crippen LogP contribution in [0, 0.1) is 5.82 Å². The van der Waals surface area contributed by atoms with E-state index in [1.54, 1.807) is 28.0 Å². The molecule has 0 saturated carbocycles. The van der Waals surface area contributed by atoms with Crippen molar-refractivity contribution in [3.8, 4) is 11.4 Å². The Kier molecular flexibility index (Phi) is 6.02. The molecule has 0 amide bonds. The maximum Gasteiger partial charge on any atom is 0.267 e. The lowest BCUT2D eigenvalue weighted by Crippen LogP contribution is -2.22. The Balaban J connectivity index is 1.64. The van der Waals surface area contributed by atoms with E-state index in [9.17, 15) is 9.18 Å². The molecule has 32 heavy (non-hydrogen) atoms. The van der Waals surface area contributed by atoms with Gasteiger partial charge in [-0.15, -0.1) is 11.3 Å². The maximum absolute atomic E-state index is 14.2. The van der Waals surface area contributed by atoms with Gasteiger partial charge in [0.05, 0.1) is 17.7 Å². The minimum Gasteiger partial charge on any atom is -0.494 e. The van der Waals surface area contributed by atoms with Gasteiger partial charge >= 0.3 is 0 Å². The summed E-state index contributed by atoms with van der Waals surface area (Å²) in [4.78, 5) is 20.8. The predicted molar refractivity (Wildman–Crippen MR) is 129 cm³/mol. The smallest absolute Gasteiger partial charge is 0.267 e. The van der Waals surface area contributed by atoms with Gasteiger partial charge in [-0.1, -0.05) is 30.0 Å². The molecule has 0 spiro atoms. The maximum atomic E-state index is 14.2. The number of aromatic nitrogens is 2. The van der Waals surface area contributed by atoms with Gasteiger partial charge in [0.1, 0.15) is 16.4 Å². The first-order valence-electron chi connectivity index (χ1n) is 10.8.